The van der Waals surface area contributed by atoms with E-state index in [1.807, 2.05) is 25.1 Å². The van der Waals surface area contributed by atoms with E-state index in [2.05, 4.69) is 4.99 Å². The molecule has 0 aromatic heterocycles. The Morgan fingerprint density at radius 2 is 2.14 bits per heavy atom. The van der Waals surface area contributed by atoms with Crippen molar-refractivity contribution in [3.05, 3.63) is 34.3 Å². The lowest BCUT2D eigenvalue weighted by atomic mass is 10.1. The van der Waals surface area contributed by atoms with E-state index < -0.39 is 0 Å². The van der Waals surface area contributed by atoms with E-state index >= 15 is 0 Å². The van der Waals surface area contributed by atoms with Crippen molar-refractivity contribution in [1.29, 1.82) is 0 Å². The van der Waals surface area contributed by atoms with Crippen LogP contribution in [-0.2, 0) is 6.42 Å². The second-order valence-corrected chi connectivity index (χ2v) is 3.55. The summed E-state index contributed by atoms with van der Waals surface area (Å²) in [6.07, 6.45) is 0.829. The topological polar surface area (TPSA) is 64.4 Å². The second kappa shape index (κ2) is 4.86. The highest BCUT2D eigenvalue weighted by Gasteiger charge is 1.97. The lowest BCUT2D eigenvalue weighted by Crippen LogP contribution is -2.23. The quantitative estimate of drug-likeness (QED) is 0.588. The molecule has 4 N–H and O–H groups in total. The Hall–Kier alpha value is -1.22. The number of nitrogens with zero attached hydrogens (tertiary/aromatic N) is 1. The van der Waals surface area contributed by atoms with E-state index in [0.717, 1.165) is 17.0 Å². The molecule has 0 aliphatic carbocycles. The largest absolute Gasteiger partial charge is 0.370 e. The maximum absolute atomic E-state index is 5.90. The van der Waals surface area contributed by atoms with Crippen molar-refractivity contribution in [3.8, 4) is 0 Å². The Bertz CT molecular complexity index is 343. The third-order valence-electron chi connectivity index (χ3n) is 1.92. The van der Waals surface area contributed by atoms with Gasteiger partial charge in [-0.3, -0.25) is 4.99 Å². The van der Waals surface area contributed by atoms with Crippen LogP contribution in [0.3, 0.4) is 0 Å². The van der Waals surface area contributed by atoms with Crippen LogP contribution in [0.1, 0.15) is 11.1 Å². The first kappa shape index (κ1) is 10.9. The molecule has 0 aliphatic heterocycles. The molecule has 0 unspecified atom stereocenters. The summed E-state index contributed by atoms with van der Waals surface area (Å²) < 4.78 is 0. The molecule has 0 amide bonds. The summed E-state index contributed by atoms with van der Waals surface area (Å²) in [5.74, 6) is 0.135. The van der Waals surface area contributed by atoms with Crippen molar-refractivity contribution >= 4 is 17.6 Å². The van der Waals surface area contributed by atoms with Gasteiger partial charge in [0, 0.05) is 11.6 Å². The van der Waals surface area contributed by atoms with E-state index in [0.29, 0.717) is 6.54 Å². The molecule has 0 heterocycles. The zero-order valence-corrected chi connectivity index (χ0v) is 8.88. The van der Waals surface area contributed by atoms with Gasteiger partial charge in [0.05, 0.1) is 0 Å². The molecule has 0 saturated heterocycles. The van der Waals surface area contributed by atoms with Gasteiger partial charge in [0.25, 0.3) is 0 Å². The minimum atomic E-state index is 0.135. The number of guanidine groups is 1. The van der Waals surface area contributed by atoms with Gasteiger partial charge in [-0.05, 0) is 30.5 Å². The standard InChI is InChI=1S/C10H14ClN3/c1-7-6-8(2-3-9(7)11)4-5-14-10(12)13/h2-3,6H,4-5H2,1H3,(H4,12,13,14). The normalized spacial score (nSPS) is 9.86. The van der Waals surface area contributed by atoms with Gasteiger partial charge < -0.3 is 11.5 Å². The molecule has 0 saturated carbocycles. The summed E-state index contributed by atoms with van der Waals surface area (Å²) in [6, 6.07) is 5.92. The Kier molecular flexibility index (Phi) is 3.77. The lowest BCUT2D eigenvalue weighted by Gasteiger charge is -2.02. The van der Waals surface area contributed by atoms with E-state index in [9.17, 15) is 0 Å². The van der Waals surface area contributed by atoms with Gasteiger partial charge in [-0.25, -0.2) is 0 Å². The van der Waals surface area contributed by atoms with Gasteiger partial charge in [0.1, 0.15) is 0 Å². The Balaban J connectivity index is 2.60. The van der Waals surface area contributed by atoms with E-state index in [1.165, 1.54) is 5.56 Å². The van der Waals surface area contributed by atoms with Crippen LogP contribution < -0.4 is 11.5 Å². The average molecular weight is 212 g/mol. The molecular weight excluding hydrogens is 198 g/mol. The molecule has 0 bridgehead atoms. The molecule has 3 nitrogen and oxygen atoms in total. The number of benzene rings is 1. The predicted molar refractivity (Wildman–Crippen MR) is 60.6 cm³/mol. The number of aryl methyl sites for hydroxylation is 1. The molecule has 4 heteroatoms. The van der Waals surface area contributed by atoms with Gasteiger partial charge in [0.2, 0.25) is 0 Å². The number of nitrogens with two attached hydrogens (primary N) is 2. The van der Waals surface area contributed by atoms with Crippen LogP contribution in [0, 0.1) is 6.92 Å². The van der Waals surface area contributed by atoms with Gasteiger partial charge in [-0.1, -0.05) is 23.7 Å². The van der Waals surface area contributed by atoms with Crippen LogP contribution in [0.4, 0.5) is 0 Å². The van der Waals surface area contributed by atoms with Crippen molar-refractivity contribution < 1.29 is 0 Å². The molecule has 0 atom stereocenters. The molecule has 0 spiro atoms. The fourth-order valence-electron chi connectivity index (χ4n) is 1.18. The molecule has 0 radical (unpaired) electrons. The van der Waals surface area contributed by atoms with Gasteiger partial charge in [-0.15, -0.1) is 0 Å². The highest BCUT2D eigenvalue weighted by Crippen LogP contribution is 2.16. The van der Waals surface area contributed by atoms with Crippen LogP contribution >= 0.6 is 11.6 Å². The molecule has 1 aromatic rings. The van der Waals surface area contributed by atoms with Crippen LogP contribution in [0.15, 0.2) is 23.2 Å². The average Bonchev–Trinajstić information content (AvgIpc) is 2.10. The SMILES string of the molecule is Cc1cc(CCN=C(N)N)ccc1Cl. The smallest absolute Gasteiger partial charge is 0.185 e. The maximum atomic E-state index is 5.90. The fraction of sp³-hybridized carbons (Fsp3) is 0.300. The maximum Gasteiger partial charge on any atom is 0.185 e. The molecule has 0 aliphatic rings. The Labute approximate surface area is 88.8 Å². The molecule has 1 rings (SSSR count). The molecular formula is C10H14ClN3. The van der Waals surface area contributed by atoms with Crippen molar-refractivity contribution in [2.24, 2.45) is 16.5 Å². The summed E-state index contributed by atoms with van der Waals surface area (Å²) >= 11 is 5.90. The predicted octanol–water partition coefficient (Wildman–Crippen LogP) is 1.46. The summed E-state index contributed by atoms with van der Waals surface area (Å²) in [7, 11) is 0. The molecule has 0 fully saturated rings. The summed E-state index contributed by atoms with van der Waals surface area (Å²) in [6.45, 7) is 2.59. The van der Waals surface area contributed by atoms with Gasteiger partial charge in [0.15, 0.2) is 5.96 Å². The van der Waals surface area contributed by atoms with Crippen LogP contribution in [0.25, 0.3) is 0 Å². The van der Waals surface area contributed by atoms with E-state index in [-0.39, 0.29) is 5.96 Å². The summed E-state index contributed by atoms with van der Waals surface area (Å²) in [4.78, 5) is 3.91. The van der Waals surface area contributed by atoms with Crippen molar-refractivity contribution in [1.82, 2.24) is 0 Å². The number of halogens is 1. The summed E-state index contributed by atoms with van der Waals surface area (Å²) in [5.41, 5.74) is 12.7. The third kappa shape index (κ3) is 3.26. The highest BCUT2D eigenvalue weighted by atomic mass is 35.5. The van der Waals surface area contributed by atoms with Crippen LogP contribution in [0.5, 0.6) is 0 Å². The fourth-order valence-corrected chi connectivity index (χ4v) is 1.29. The van der Waals surface area contributed by atoms with Crippen LogP contribution in [0.2, 0.25) is 5.02 Å². The first-order chi connectivity index (χ1) is 6.59. The lowest BCUT2D eigenvalue weighted by molar-refractivity contribution is 0.960. The highest BCUT2D eigenvalue weighted by molar-refractivity contribution is 6.31. The molecule has 14 heavy (non-hydrogen) atoms. The van der Waals surface area contributed by atoms with Crippen molar-refractivity contribution in [2.45, 2.75) is 13.3 Å². The minimum absolute atomic E-state index is 0.135. The molecule has 1 aromatic carbocycles. The zero-order chi connectivity index (χ0) is 10.6. The number of hydrogen-bond acceptors (Lipinski definition) is 1. The number of hydrogen-bond donors (Lipinski definition) is 2. The Morgan fingerprint density at radius 1 is 1.43 bits per heavy atom. The van der Waals surface area contributed by atoms with Crippen LogP contribution in [-0.4, -0.2) is 12.5 Å². The van der Waals surface area contributed by atoms with Crippen molar-refractivity contribution in [2.75, 3.05) is 6.54 Å². The van der Waals surface area contributed by atoms with Gasteiger partial charge in [-0.2, -0.15) is 0 Å². The van der Waals surface area contributed by atoms with E-state index in [1.54, 1.807) is 0 Å². The first-order valence-electron chi connectivity index (χ1n) is 4.40. The number of aliphatic imine (C=N–C) groups is 1. The Morgan fingerprint density at radius 3 is 2.71 bits per heavy atom. The monoisotopic (exact) mass is 211 g/mol. The van der Waals surface area contributed by atoms with E-state index in [4.69, 9.17) is 23.1 Å². The van der Waals surface area contributed by atoms with Gasteiger partial charge >= 0.3 is 0 Å². The summed E-state index contributed by atoms with van der Waals surface area (Å²) in [5, 5.41) is 0.788. The second-order valence-electron chi connectivity index (χ2n) is 3.14. The van der Waals surface area contributed by atoms with Crippen molar-refractivity contribution in [3.63, 3.8) is 0 Å². The third-order valence-corrected chi connectivity index (χ3v) is 2.34. The minimum Gasteiger partial charge on any atom is -0.370 e. The first-order valence-corrected chi connectivity index (χ1v) is 4.78. The zero-order valence-electron chi connectivity index (χ0n) is 8.13. The number of rotatable bonds is 3. The molecule has 76 valence electrons.